The summed E-state index contributed by atoms with van der Waals surface area (Å²) in [6.07, 6.45) is 1.68. The summed E-state index contributed by atoms with van der Waals surface area (Å²) < 4.78 is 0. The number of hydrogen-bond acceptors (Lipinski definition) is 3. The zero-order chi connectivity index (χ0) is 10.3. The summed E-state index contributed by atoms with van der Waals surface area (Å²) in [5, 5.41) is 12.3. The zero-order valence-electron chi connectivity index (χ0n) is 8.98. The second kappa shape index (κ2) is 3.20. The lowest BCUT2D eigenvalue weighted by atomic mass is 9.79. The van der Waals surface area contributed by atoms with E-state index in [0.717, 1.165) is 12.8 Å². The minimum absolute atomic E-state index is 0.237. The third-order valence-electron chi connectivity index (χ3n) is 2.98. The van der Waals surface area contributed by atoms with Gasteiger partial charge in [0.2, 0.25) is 0 Å². The minimum Gasteiger partial charge on any atom is -0.634 e. The molecule has 1 aliphatic heterocycles. The smallest absolute Gasteiger partial charge is 0.0936 e. The Morgan fingerprint density at radius 1 is 1.23 bits per heavy atom. The van der Waals surface area contributed by atoms with Crippen LogP contribution in [-0.2, 0) is 0 Å². The van der Waals surface area contributed by atoms with Gasteiger partial charge in [0.25, 0.3) is 0 Å². The number of quaternary nitrogens is 1. The molecule has 0 radical (unpaired) electrons. The molecule has 0 aromatic rings. The van der Waals surface area contributed by atoms with Gasteiger partial charge in [-0.05, 0) is 27.7 Å². The molecule has 1 saturated heterocycles. The van der Waals surface area contributed by atoms with Crippen molar-refractivity contribution >= 4 is 0 Å². The van der Waals surface area contributed by atoms with Crippen LogP contribution in [0.1, 0.15) is 40.5 Å². The van der Waals surface area contributed by atoms with E-state index in [9.17, 15) is 5.21 Å². The molecule has 1 fully saturated rings. The highest BCUT2D eigenvalue weighted by Gasteiger charge is 2.44. The van der Waals surface area contributed by atoms with Crippen LogP contribution < -0.4 is 16.3 Å². The Morgan fingerprint density at radius 2 is 1.62 bits per heavy atom. The van der Waals surface area contributed by atoms with Crippen LogP contribution in [0.5, 0.6) is 0 Å². The molecular weight excluding hydrogens is 166 g/mol. The lowest BCUT2D eigenvalue weighted by molar-refractivity contribution is -0.955. The molecule has 0 spiro atoms. The molecule has 0 aromatic heterocycles. The third kappa shape index (κ3) is 2.02. The summed E-state index contributed by atoms with van der Waals surface area (Å²) in [4.78, 5) is 0. The van der Waals surface area contributed by atoms with Crippen LogP contribution in [0.4, 0.5) is 0 Å². The number of nitrogens with one attached hydrogen (secondary N) is 2. The van der Waals surface area contributed by atoms with Crippen molar-refractivity contribution in [3.63, 3.8) is 0 Å². The number of hydrogen-bond donors (Lipinski definition) is 3. The van der Waals surface area contributed by atoms with Crippen molar-refractivity contribution in [2.45, 2.75) is 57.7 Å². The highest BCUT2D eigenvalue weighted by atomic mass is 16.5. The lowest BCUT2D eigenvalue weighted by Crippen LogP contribution is -3.23. The Kier molecular flexibility index (Phi) is 2.69. The van der Waals surface area contributed by atoms with Gasteiger partial charge >= 0.3 is 0 Å². The molecule has 4 nitrogen and oxygen atoms in total. The number of hydrazine groups is 1. The molecular formula is C9H21N3O. The number of rotatable bonds is 1. The first kappa shape index (κ1) is 10.9. The van der Waals surface area contributed by atoms with E-state index in [4.69, 9.17) is 5.84 Å². The van der Waals surface area contributed by atoms with E-state index in [1.165, 1.54) is 0 Å². The van der Waals surface area contributed by atoms with Gasteiger partial charge in [0.15, 0.2) is 0 Å². The fourth-order valence-electron chi connectivity index (χ4n) is 2.52. The van der Waals surface area contributed by atoms with Gasteiger partial charge in [-0.15, -0.1) is 0 Å². The molecule has 0 aliphatic carbocycles. The molecule has 0 atom stereocenters. The average Bonchev–Trinajstić information content (AvgIpc) is 1.99. The standard InChI is InChI=1S/C9H21N3O/c1-8(2)5-7(11-10)6-9(3,4)12(8)13/h7,11-12H,5-6,10H2,1-4H3. The normalized spacial score (nSPS) is 37.4. The van der Waals surface area contributed by atoms with Crippen LogP contribution in [0.15, 0.2) is 0 Å². The van der Waals surface area contributed by atoms with E-state index in [-0.39, 0.29) is 17.1 Å². The van der Waals surface area contributed by atoms with E-state index >= 15 is 0 Å². The molecule has 0 bridgehead atoms. The predicted octanol–water partition coefficient (Wildman–Crippen LogP) is -0.448. The maximum absolute atomic E-state index is 12.0. The van der Waals surface area contributed by atoms with Gasteiger partial charge < -0.3 is 10.3 Å². The number of hydroxylamine groups is 2. The molecule has 0 aromatic carbocycles. The summed E-state index contributed by atoms with van der Waals surface area (Å²) in [6, 6.07) is 0.266. The van der Waals surface area contributed by atoms with Gasteiger partial charge in [0.05, 0.1) is 11.1 Å². The fourth-order valence-corrected chi connectivity index (χ4v) is 2.52. The summed E-state index contributed by atoms with van der Waals surface area (Å²) in [5.41, 5.74) is 2.31. The molecule has 13 heavy (non-hydrogen) atoms. The third-order valence-corrected chi connectivity index (χ3v) is 2.98. The summed E-state index contributed by atoms with van der Waals surface area (Å²) in [6.45, 7) is 8.00. The molecule has 78 valence electrons. The lowest BCUT2D eigenvalue weighted by Gasteiger charge is -2.54. The van der Waals surface area contributed by atoms with Crippen molar-refractivity contribution in [1.82, 2.24) is 5.43 Å². The quantitative estimate of drug-likeness (QED) is 0.296. The van der Waals surface area contributed by atoms with Gasteiger partial charge in [-0.2, -0.15) is 0 Å². The highest BCUT2D eigenvalue weighted by molar-refractivity contribution is 4.88. The fraction of sp³-hybridized carbons (Fsp3) is 1.00. The topological polar surface area (TPSA) is 65.5 Å². The minimum atomic E-state index is -0.237. The van der Waals surface area contributed by atoms with Crippen molar-refractivity contribution in [2.75, 3.05) is 0 Å². The van der Waals surface area contributed by atoms with Gasteiger partial charge in [-0.3, -0.25) is 11.3 Å². The first-order chi connectivity index (χ1) is 5.79. The van der Waals surface area contributed by atoms with Gasteiger partial charge in [-0.1, -0.05) is 0 Å². The SMILES string of the molecule is CC1(C)CC(NN)CC(C)(C)[NH+]1[O-]. The largest absolute Gasteiger partial charge is 0.634 e. The molecule has 1 rings (SSSR count). The van der Waals surface area contributed by atoms with Crippen LogP contribution in [0.25, 0.3) is 0 Å². The number of nitrogens with two attached hydrogens (primary N) is 1. The van der Waals surface area contributed by atoms with Crippen molar-refractivity contribution in [1.29, 1.82) is 0 Å². The Bertz CT molecular complexity index is 173. The van der Waals surface area contributed by atoms with Gasteiger partial charge in [-0.25, -0.2) is 0 Å². The van der Waals surface area contributed by atoms with Crippen molar-refractivity contribution < 1.29 is 5.06 Å². The highest BCUT2D eigenvalue weighted by Crippen LogP contribution is 2.22. The molecule has 1 aliphatic rings. The average molecular weight is 187 g/mol. The Balaban J connectivity index is 2.82. The zero-order valence-corrected chi connectivity index (χ0v) is 8.98. The van der Waals surface area contributed by atoms with E-state index in [0.29, 0.717) is 5.06 Å². The summed E-state index contributed by atoms with van der Waals surface area (Å²) in [7, 11) is 0. The van der Waals surface area contributed by atoms with Crippen LogP contribution in [0, 0.1) is 5.21 Å². The van der Waals surface area contributed by atoms with Crippen molar-refractivity contribution in [3.8, 4) is 0 Å². The first-order valence-electron chi connectivity index (χ1n) is 4.81. The van der Waals surface area contributed by atoms with Crippen LogP contribution in [0.2, 0.25) is 0 Å². The van der Waals surface area contributed by atoms with Gasteiger partial charge in [0.1, 0.15) is 0 Å². The number of piperidine rings is 1. The molecule has 0 amide bonds. The second-order valence-corrected chi connectivity index (χ2v) is 5.37. The Labute approximate surface area is 80.0 Å². The van der Waals surface area contributed by atoms with Crippen LogP contribution in [0.3, 0.4) is 0 Å². The summed E-state index contributed by atoms with van der Waals surface area (Å²) in [5.74, 6) is 5.43. The van der Waals surface area contributed by atoms with E-state index in [1.807, 2.05) is 27.7 Å². The monoisotopic (exact) mass is 187 g/mol. The Hall–Kier alpha value is -0.160. The van der Waals surface area contributed by atoms with E-state index in [1.54, 1.807) is 0 Å². The van der Waals surface area contributed by atoms with Crippen molar-refractivity contribution in [3.05, 3.63) is 5.21 Å². The predicted molar refractivity (Wildman–Crippen MR) is 52.8 cm³/mol. The van der Waals surface area contributed by atoms with E-state index < -0.39 is 0 Å². The Morgan fingerprint density at radius 3 is 1.92 bits per heavy atom. The maximum Gasteiger partial charge on any atom is 0.0936 e. The summed E-state index contributed by atoms with van der Waals surface area (Å²) >= 11 is 0. The van der Waals surface area contributed by atoms with Crippen LogP contribution in [-0.4, -0.2) is 17.1 Å². The first-order valence-corrected chi connectivity index (χ1v) is 4.81. The molecule has 0 saturated carbocycles. The van der Waals surface area contributed by atoms with Gasteiger partial charge in [0, 0.05) is 18.9 Å². The van der Waals surface area contributed by atoms with Crippen LogP contribution >= 0.6 is 0 Å². The van der Waals surface area contributed by atoms with E-state index in [2.05, 4.69) is 5.43 Å². The molecule has 4 heteroatoms. The molecule has 0 unspecified atom stereocenters. The molecule has 1 heterocycles. The molecule has 4 N–H and O–H groups in total. The maximum atomic E-state index is 12.0. The van der Waals surface area contributed by atoms with Crippen molar-refractivity contribution in [2.24, 2.45) is 5.84 Å². The second-order valence-electron chi connectivity index (χ2n) is 5.37.